The lowest BCUT2D eigenvalue weighted by molar-refractivity contribution is -0.121. The zero-order valence-electron chi connectivity index (χ0n) is 14.7. The van der Waals surface area contributed by atoms with Crippen molar-refractivity contribution in [2.45, 2.75) is 12.8 Å². The van der Waals surface area contributed by atoms with E-state index in [9.17, 15) is 9.59 Å². The van der Waals surface area contributed by atoms with Crippen molar-refractivity contribution in [2.75, 3.05) is 18.1 Å². The monoisotopic (exact) mass is 361 g/mol. The molecule has 6 heteroatoms. The van der Waals surface area contributed by atoms with Crippen LogP contribution in [-0.4, -0.2) is 35.0 Å². The first-order valence-electron chi connectivity index (χ1n) is 8.87. The number of fused-ring (bicyclic) bond motifs is 1. The van der Waals surface area contributed by atoms with Crippen molar-refractivity contribution < 1.29 is 14.3 Å². The number of carbonyl (C=O) groups excluding carboxylic acids is 2. The summed E-state index contributed by atoms with van der Waals surface area (Å²) in [6.45, 7) is 0.373. The molecule has 1 N–H and O–H groups in total. The number of nitrogens with one attached hydrogen (secondary N) is 1. The third-order valence-corrected chi connectivity index (χ3v) is 4.63. The first-order valence-corrected chi connectivity index (χ1v) is 8.87. The molecule has 0 radical (unpaired) electrons. The minimum Gasteiger partial charge on any atom is -0.452 e. The lowest BCUT2D eigenvalue weighted by Gasteiger charge is -2.29. The number of aromatic amines is 1. The van der Waals surface area contributed by atoms with E-state index in [1.54, 1.807) is 41.6 Å². The number of ether oxygens (including phenoxy) is 1. The van der Waals surface area contributed by atoms with Crippen LogP contribution in [0, 0.1) is 0 Å². The number of H-pyrrole nitrogens is 1. The molecule has 1 amide bonds. The van der Waals surface area contributed by atoms with Gasteiger partial charge in [-0.05, 0) is 36.6 Å². The standard InChI is InChI=1S/C21H19N3O3/c25-19(24-13-3-5-15-4-1-2-6-18(15)24)14-27-21(26)17-9-7-16(8-10-17)20-22-11-12-23-20/h1-2,4,6-12H,3,5,13-14H2,(H,22,23). The average Bonchev–Trinajstić information content (AvgIpc) is 3.26. The van der Waals surface area contributed by atoms with Gasteiger partial charge >= 0.3 is 5.97 Å². The quantitative estimate of drug-likeness (QED) is 0.724. The Labute approximate surface area is 156 Å². The topological polar surface area (TPSA) is 75.3 Å². The summed E-state index contributed by atoms with van der Waals surface area (Å²) < 4.78 is 5.24. The van der Waals surface area contributed by atoms with Gasteiger partial charge in [0.2, 0.25) is 0 Å². The summed E-state index contributed by atoms with van der Waals surface area (Å²) in [5.74, 6) is 0.0104. The summed E-state index contributed by atoms with van der Waals surface area (Å²) in [5, 5.41) is 0. The Kier molecular flexibility index (Phi) is 4.70. The molecule has 2 aromatic carbocycles. The van der Waals surface area contributed by atoms with E-state index in [0.717, 1.165) is 35.5 Å². The summed E-state index contributed by atoms with van der Waals surface area (Å²) in [5.41, 5.74) is 3.33. The van der Waals surface area contributed by atoms with Gasteiger partial charge < -0.3 is 14.6 Å². The zero-order chi connectivity index (χ0) is 18.6. The Hall–Kier alpha value is -3.41. The molecule has 27 heavy (non-hydrogen) atoms. The van der Waals surface area contributed by atoms with E-state index in [1.165, 1.54) is 0 Å². The minimum absolute atomic E-state index is 0.206. The van der Waals surface area contributed by atoms with Crippen molar-refractivity contribution >= 4 is 17.6 Å². The van der Waals surface area contributed by atoms with Crippen molar-refractivity contribution in [1.29, 1.82) is 0 Å². The summed E-state index contributed by atoms with van der Waals surface area (Å²) in [6.07, 6.45) is 5.27. The van der Waals surface area contributed by atoms with Crippen LogP contribution in [0.1, 0.15) is 22.3 Å². The normalized spacial score (nSPS) is 13.1. The number of nitrogens with zero attached hydrogens (tertiary/aromatic N) is 2. The number of hydrogen-bond acceptors (Lipinski definition) is 4. The van der Waals surface area contributed by atoms with Gasteiger partial charge in [0, 0.05) is 30.2 Å². The van der Waals surface area contributed by atoms with E-state index < -0.39 is 5.97 Å². The molecule has 2 heterocycles. The van der Waals surface area contributed by atoms with Gasteiger partial charge in [-0.15, -0.1) is 0 Å². The van der Waals surface area contributed by atoms with Crippen molar-refractivity contribution in [3.8, 4) is 11.4 Å². The molecule has 136 valence electrons. The maximum absolute atomic E-state index is 12.5. The number of carbonyl (C=O) groups is 2. The van der Waals surface area contributed by atoms with Crippen molar-refractivity contribution in [3.63, 3.8) is 0 Å². The fourth-order valence-electron chi connectivity index (χ4n) is 3.27. The van der Waals surface area contributed by atoms with Crippen molar-refractivity contribution in [2.24, 2.45) is 0 Å². The van der Waals surface area contributed by atoms with Crippen molar-refractivity contribution in [1.82, 2.24) is 9.97 Å². The number of aryl methyl sites for hydroxylation is 1. The first kappa shape index (κ1) is 17.0. The molecule has 0 fully saturated rings. The molecule has 4 rings (SSSR count). The number of hydrogen-bond donors (Lipinski definition) is 1. The van der Waals surface area contributed by atoms with E-state index in [0.29, 0.717) is 12.1 Å². The number of para-hydroxylation sites is 1. The van der Waals surface area contributed by atoms with E-state index in [4.69, 9.17) is 4.74 Å². The number of benzene rings is 2. The van der Waals surface area contributed by atoms with Gasteiger partial charge in [0.05, 0.1) is 5.56 Å². The summed E-state index contributed by atoms with van der Waals surface area (Å²) in [7, 11) is 0. The molecular formula is C21H19N3O3. The molecule has 0 spiro atoms. The Morgan fingerprint density at radius 2 is 1.93 bits per heavy atom. The number of amides is 1. The lowest BCUT2D eigenvalue weighted by atomic mass is 10.0. The minimum atomic E-state index is -0.514. The summed E-state index contributed by atoms with van der Waals surface area (Å²) in [4.78, 5) is 33.7. The lowest BCUT2D eigenvalue weighted by Crippen LogP contribution is -2.38. The number of aromatic nitrogens is 2. The molecular weight excluding hydrogens is 342 g/mol. The highest BCUT2D eigenvalue weighted by atomic mass is 16.5. The highest BCUT2D eigenvalue weighted by Crippen LogP contribution is 2.26. The first-order chi connectivity index (χ1) is 13.2. The molecule has 6 nitrogen and oxygen atoms in total. The second-order valence-electron chi connectivity index (χ2n) is 6.37. The van der Waals surface area contributed by atoms with Gasteiger partial charge in [-0.2, -0.15) is 0 Å². The summed E-state index contributed by atoms with van der Waals surface area (Å²) in [6, 6.07) is 14.8. The Morgan fingerprint density at radius 3 is 2.70 bits per heavy atom. The fraction of sp³-hybridized carbons (Fsp3) is 0.190. The Balaban J connectivity index is 1.39. The molecule has 0 aliphatic carbocycles. The molecule has 1 aliphatic rings. The highest BCUT2D eigenvalue weighted by Gasteiger charge is 2.23. The molecule has 0 bridgehead atoms. The Bertz CT molecular complexity index is 949. The largest absolute Gasteiger partial charge is 0.452 e. The van der Waals surface area contributed by atoms with Crippen LogP contribution in [0.4, 0.5) is 5.69 Å². The molecule has 3 aromatic rings. The maximum atomic E-state index is 12.5. The van der Waals surface area contributed by atoms with Crippen LogP contribution in [0.2, 0.25) is 0 Å². The zero-order valence-corrected chi connectivity index (χ0v) is 14.7. The van der Waals surface area contributed by atoms with Crippen LogP contribution < -0.4 is 4.90 Å². The molecule has 1 aromatic heterocycles. The van der Waals surface area contributed by atoms with Crippen LogP contribution >= 0.6 is 0 Å². The summed E-state index contributed by atoms with van der Waals surface area (Å²) >= 11 is 0. The molecule has 1 aliphatic heterocycles. The van der Waals surface area contributed by atoms with E-state index in [1.807, 2.05) is 24.3 Å². The fourth-order valence-corrected chi connectivity index (χ4v) is 3.27. The second-order valence-corrected chi connectivity index (χ2v) is 6.37. The number of esters is 1. The number of rotatable bonds is 4. The SMILES string of the molecule is O=C(OCC(=O)N1CCCc2ccccc21)c1ccc(-c2ncc[nH]2)cc1. The van der Waals surface area contributed by atoms with Gasteiger partial charge in [0.25, 0.3) is 5.91 Å². The third-order valence-electron chi connectivity index (χ3n) is 4.63. The third kappa shape index (κ3) is 3.60. The molecule has 0 atom stereocenters. The van der Waals surface area contributed by atoms with E-state index >= 15 is 0 Å². The molecule has 0 saturated heterocycles. The maximum Gasteiger partial charge on any atom is 0.338 e. The van der Waals surface area contributed by atoms with E-state index in [2.05, 4.69) is 9.97 Å². The van der Waals surface area contributed by atoms with Gasteiger partial charge in [0.15, 0.2) is 6.61 Å². The van der Waals surface area contributed by atoms with Gasteiger partial charge in [-0.1, -0.05) is 30.3 Å². The predicted molar refractivity (Wildman–Crippen MR) is 101 cm³/mol. The van der Waals surface area contributed by atoms with E-state index in [-0.39, 0.29) is 12.5 Å². The van der Waals surface area contributed by atoms with Crippen LogP contribution in [-0.2, 0) is 16.0 Å². The number of imidazole rings is 1. The van der Waals surface area contributed by atoms with Gasteiger partial charge in [0.1, 0.15) is 5.82 Å². The average molecular weight is 361 g/mol. The molecule has 0 unspecified atom stereocenters. The predicted octanol–water partition coefficient (Wildman–Crippen LogP) is 3.21. The van der Waals surface area contributed by atoms with Crippen LogP contribution in [0.3, 0.4) is 0 Å². The van der Waals surface area contributed by atoms with Gasteiger partial charge in [-0.3, -0.25) is 4.79 Å². The number of anilines is 1. The second kappa shape index (κ2) is 7.45. The Morgan fingerprint density at radius 1 is 1.11 bits per heavy atom. The van der Waals surface area contributed by atoms with Crippen LogP contribution in [0.25, 0.3) is 11.4 Å². The highest BCUT2D eigenvalue weighted by molar-refractivity contribution is 5.98. The van der Waals surface area contributed by atoms with Crippen molar-refractivity contribution in [3.05, 3.63) is 72.1 Å². The van der Waals surface area contributed by atoms with Crippen LogP contribution in [0.5, 0.6) is 0 Å². The van der Waals surface area contributed by atoms with Crippen LogP contribution in [0.15, 0.2) is 60.9 Å². The smallest absolute Gasteiger partial charge is 0.338 e. The van der Waals surface area contributed by atoms with Gasteiger partial charge in [-0.25, -0.2) is 9.78 Å². The molecule has 0 saturated carbocycles.